The van der Waals surface area contributed by atoms with Crippen molar-refractivity contribution in [1.82, 2.24) is 9.80 Å². The summed E-state index contributed by atoms with van der Waals surface area (Å²) in [5, 5.41) is 1.06. The van der Waals surface area contributed by atoms with Crippen molar-refractivity contribution in [2.24, 2.45) is 0 Å². The second-order valence-corrected chi connectivity index (χ2v) is 10.7. The van der Waals surface area contributed by atoms with E-state index in [1.54, 1.807) is 12.5 Å². The molecular formula is C27H36ClFN2O3S. The normalized spacial score (nSPS) is 16.9. The molecule has 192 valence electrons. The van der Waals surface area contributed by atoms with E-state index in [2.05, 4.69) is 11.8 Å². The van der Waals surface area contributed by atoms with Gasteiger partial charge in [-0.3, -0.25) is 4.79 Å². The summed E-state index contributed by atoms with van der Waals surface area (Å²) >= 11 is 1.95. The number of hydrogen-bond donors (Lipinski definition) is 0. The highest BCUT2D eigenvalue weighted by molar-refractivity contribution is 7.12. The summed E-state index contributed by atoms with van der Waals surface area (Å²) in [6.07, 6.45) is 8.41. The van der Waals surface area contributed by atoms with Gasteiger partial charge in [-0.25, -0.2) is 4.39 Å². The minimum atomic E-state index is -0.246. The van der Waals surface area contributed by atoms with Gasteiger partial charge in [-0.2, -0.15) is 0 Å². The van der Waals surface area contributed by atoms with Crippen molar-refractivity contribution in [1.29, 1.82) is 0 Å². The molecule has 0 atom stereocenters. The molecule has 0 unspecified atom stereocenters. The van der Waals surface area contributed by atoms with Crippen LogP contribution in [0.1, 0.15) is 65.5 Å². The molecule has 0 spiro atoms. The largest absolute Gasteiger partial charge is 0.464 e. The van der Waals surface area contributed by atoms with Crippen molar-refractivity contribution >= 4 is 40.6 Å². The lowest BCUT2D eigenvalue weighted by Gasteiger charge is -2.31. The number of furan rings is 1. The number of rotatable bonds is 5. The molecule has 2 aliphatic heterocycles. The van der Waals surface area contributed by atoms with E-state index in [9.17, 15) is 9.18 Å². The topological polar surface area (TPSA) is 68.2 Å². The van der Waals surface area contributed by atoms with Crippen molar-refractivity contribution in [2.75, 3.05) is 26.2 Å². The molecule has 5 nitrogen and oxygen atoms in total. The summed E-state index contributed by atoms with van der Waals surface area (Å²) in [5.74, 6) is 0.424. The summed E-state index contributed by atoms with van der Waals surface area (Å²) in [4.78, 5) is 19.5. The maximum absolute atomic E-state index is 13.5. The maximum atomic E-state index is 13.5. The number of likely N-dealkylation sites (tertiary alicyclic amines) is 1. The van der Waals surface area contributed by atoms with Crippen LogP contribution in [-0.2, 0) is 30.6 Å². The minimum Gasteiger partial charge on any atom is -0.464 e. The van der Waals surface area contributed by atoms with Gasteiger partial charge in [-0.15, -0.1) is 23.7 Å². The molecule has 1 aromatic carbocycles. The Balaban J connectivity index is 0.00000171. The SMILES string of the molecule is CCc1c(CCN2CCC(c3coc4cc(F)ccc34)CC2)sc2c1CCCN(C(C)=O)C2.Cl.O. The lowest BCUT2D eigenvalue weighted by Crippen LogP contribution is -2.34. The first-order valence-electron chi connectivity index (χ1n) is 12.3. The lowest BCUT2D eigenvalue weighted by molar-refractivity contribution is -0.129. The molecule has 0 aliphatic carbocycles. The number of nitrogens with zero attached hydrogens (tertiary/aromatic N) is 2. The Morgan fingerprint density at radius 1 is 1.23 bits per heavy atom. The Kier molecular flexibility index (Phi) is 9.38. The monoisotopic (exact) mass is 522 g/mol. The van der Waals surface area contributed by atoms with Gasteiger partial charge < -0.3 is 19.7 Å². The zero-order valence-corrected chi connectivity index (χ0v) is 22.2. The molecule has 2 aromatic heterocycles. The van der Waals surface area contributed by atoms with Crippen LogP contribution in [0.4, 0.5) is 4.39 Å². The number of carbonyl (C=O) groups excluding carboxylic acids is 1. The smallest absolute Gasteiger partial charge is 0.219 e. The Morgan fingerprint density at radius 3 is 2.71 bits per heavy atom. The first-order valence-corrected chi connectivity index (χ1v) is 13.1. The van der Waals surface area contributed by atoms with E-state index in [-0.39, 0.29) is 29.6 Å². The number of piperidine rings is 1. The fourth-order valence-corrected chi connectivity index (χ4v) is 7.12. The van der Waals surface area contributed by atoms with E-state index >= 15 is 0 Å². The van der Waals surface area contributed by atoms with E-state index in [0.717, 1.165) is 76.6 Å². The first-order chi connectivity index (χ1) is 16.0. The standard InChI is InChI=1S/C27H33FN2O2S.ClH.H2O/c1-3-21-23-5-4-11-30(18(2)31)16-27(23)33-26(21)10-14-29-12-8-19(9-13-29)24-17-32-25-15-20(28)6-7-22(24)25;;/h6-7,15,17,19H,3-5,8-14,16H2,1-2H3;1H;1H2. The van der Waals surface area contributed by atoms with E-state index in [1.807, 2.05) is 28.6 Å². The van der Waals surface area contributed by atoms with Gasteiger partial charge in [0.05, 0.1) is 12.8 Å². The minimum absolute atomic E-state index is 0. The zero-order valence-electron chi connectivity index (χ0n) is 20.6. The number of fused-ring (bicyclic) bond motifs is 2. The van der Waals surface area contributed by atoms with Crippen LogP contribution in [0.15, 0.2) is 28.9 Å². The van der Waals surface area contributed by atoms with Gasteiger partial charge in [0.2, 0.25) is 5.91 Å². The third-order valence-corrected chi connectivity index (χ3v) is 8.84. The molecule has 35 heavy (non-hydrogen) atoms. The summed E-state index contributed by atoms with van der Waals surface area (Å²) in [7, 11) is 0. The van der Waals surface area contributed by atoms with Crippen molar-refractivity contribution < 1.29 is 19.1 Å². The highest BCUT2D eigenvalue weighted by Crippen LogP contribution is 2.36. The van der Waals surface area contributed by atoms with Crippen molar-refractivity contribution in [3.63, 3.8) is 0 Å². The number of benzene rings is 1. The fraction of sp³-hybridized carbons (Fsp3) is 0.519. The number of thiophene rings is 1. The van der Waals surface area contributed by atoms with Crippen molar-refractivity contribution in [3.05, 3.63) is 56.7 Å². The second kappa shape index (κ2) is 11.9. The highest BCUT2D eigenvalue weighted by Gasteiger charge is 2.26. The molecule has 1 fully saturated rings. The molecule has 0 saturated carbocycles. The Hall–Kier alpha value is -1.93. The quantitative estimate of drug-likeness (QED) is 0.443. The van der Waals surface area contributed by atoms with Crippen LogP contribution < -0.4 is 0 Å². The number of carbonyl (C=O) groups is 1. The average Bonchev–Trinajstić information content (AvgIpc) is 3.30. The van der Waals surface area contributed by atoms with Crippen LogP contribution in [0.25, 0.3) is 11.0 Å². The Morgan fingerprint density at radius 2 is 2.00 bits per heavy atom. The molecule has 2 N–H and O–H groups in total. The van der Waals surface area contributed by atoms with Gasteiger partial charge in [0.1, 0.15) is 11.4 Å². The molecule has 1 saturated heterocycles. The Bertz CT molecular complexity index is 1150. The molecule has 3 aromatic rings. The number of amides is 1. The van der Waals surface area contributed by atoms with E-state index in [1.165, 1.54) is 33.0 Å². The number of halogens is 2. The van der Waals surface area contributed by atoms with Gasteiger partial charge in [-0.1, -0.05) is 6.92 Å². The molecule has 2 aliphatic rings. The van der Waals surface area contributed by atoms with Crippen molar-refractivity contribution in [3.8, 4) is 0 Å². The van der Waals surface area contributed by atoms with Gasteiger partial charge >= 0.3 is 0 Å². The van der Waals surface area contributed by atoms with Crippen LogP contribution >= 0.6 is 23.7 Å². The van der Waals surface area contributed by atoms with E-state index < -0.39 is 0 Å². The molecule has 8 heteroatoms. The third-order valence-electron chi connectivity index (χ3n) is 7.52. The molecule has 5 rings (SSSR count). The van der Waals surface area contributed by atoms with Crippen LogP contribution in [0.2, 0.25) is 0 Å². The maximum Gasteiger partial charge on any atom is 0.219 e. The van der Waals surface area contributed by atoms with E-state index in [0.29, 0.717) is 11.5 Å². The van der Waals surface area contributed by atoms with Crippen LogP contribution in [0.5, 0.6) is 0 Å². The lowest BCUT2D eigenvalue weighted by atomic mass is 9.89. The summed E-state index contributed by atoms with van der Waals surface area (Å²) in [6, 6.07) is 4.87. The molecule has 0 bridgehead atoms. The molecule has 0 radical (unpaired) electrons. The zero-order chi connectivity index (χ0) is 22.9. The van der Waals surface area contributed by atoms with Crippen LogP contribution in [-0.4, -0.2) is 47.4 Å². The van der Waals surface area contributed by atoms with Gasteiger partial charge in [0, 0.05) is 46.8 Å². The molecule has 4 heterocycles. The van der Waals surface area contributed by atoms with Crippen LogP contribution in [0, 0.1) is 5.82 Å². The van der Waals surface area contributed by atoms with E-state index in [4.69, 9.17) is 4.42 Å². The predicted octanol–water partition coefficient (Wildman–Crippen LogP) is 5.51. The predicted molar refractivity (Wildman–Crippen MR) is 142 cm³/mol. The Labute approximate surface area is 217 Å². The second-order valence-electron chi connectivity index (χ2n) is 9.50. The molecular weight excluding hydrogens is 487 g/mol. The summed E-state index contributed by atoms with van der Waals surface area (Å²) in [5.41, 5.74) is 4.96. The highest BCUT2D eigenvalue weighted by atomic mass is 35.5. The van der Waals surface area contributed by atoms with Gasteiger partial charge in [-0.05, 0) is 80.8 Å². The number of hydrogen-bond acceptors (Lipinski definition) is 4. The molecule has 1 amide bonds. The summed E-state index contributed by atoms with van der Waals surface area (Å²) in [6.45, 7) is 8.89. The van der Waals surface area contributed by atoms with Gasteiger partial charge in [0.15, 0.2) is 0 Å². The average molecular weight is 523 g/mol. The first kappa shape index (κ1) is 27.7. The third kappa shape index (κ3) is 5.74. The van der Waals surface area contributed by atoms with Gasteiger partial charge in [0.25, 0.3) is 0 Å². The fourth-order valence-electron chi connectivity index (χ4n) is 5.67. The summed E-state index contributed by atoms with van der Waals surface area (Å²) < 4.78 is 19.1. The van der Waals surface area contributed by atoms with Crippen LogP contribution in [0.3, 0.4) is 0 Å². The van der Waals surface area contributed by atoms with Crippen molar-refractivity contribution in [2.45, 2.75) is 64.8 Å².